The molecule has 0 aliphatic carbocycles. The molecule has 1 aromatic heterocycles. The summed E-state index contributed by atoms with van der Waals surface area (Å²) in [5.74, 6) is 0.147. The number of aliphatic hydroxyl groups excluding tert-OH is 2. The number of nitrogens with zero attached hydrogens (tertiary/aromatic N) is 6. The number of benzene rings is 1. The van der Waals surface area contributed by atoms with Crippen LogP contribution in [-0.2, 0) is 6.42 Å². The number of anilines is 1. The quantitative estimate of drug-likeness (QED) is 0.342. The molecule has 0 saturated carbocycles. The number of H-pyrrole nitrogens is 1. The summed E-state index contributed by atoms with van der Waals surface area (Å²) in [6.45, 7) is 1.51. The molecule has 10 heteroatoms. The van der Waals surface area contributed by atoms with Gasteiger partial charge in [-0.25, -0.2) is 5.01 Å². The lowest BCUT2D eigenvalue weighted by Crippen LogP contribution is -2.32. The van der Waals surface area contributed by atoms with E-state index in [4.69, 9.17) is 15.5 Å². The molecule has 10 nitrogen and oxygen atoms in total. The molecule has 0 bridgehead atoms. The average molecular weight is 382 g/mol. The van der Waals surface area contributed by atoms with Gasteiger partial charge < -0.3 is 15.6 Å². The second kappa shape index (κ2) is 11.4. The number of aromatic amines is 1. The van der Waals surface area contributed by atoms with Crippen LogP contribution >= 0.6 is 0 Å². The first-order valence-electron chi connectivity index (χ1n) is 8.81. The van der Waals surface area contributed by atoms with E-state index in [1.807, 2.05) is 29.3 Å². The van der Waals surface area contributed by atoms with Crippen molar-refractivity contribution < 1.29 is 10.2 Å². The van der Waals surface area contributed by atoms with Crippen LogP contribution < -0.4 is 5.43 Å². The fraction of sp³-hybridized carbons (Fsp3) is 0.389. The second-order valence-electron chi connectivity index (χ2n) is 5.85. The molecule has 0 radical (unpaired) electrons. The van der Waals surface area contributed by atoms with Crippen molar-refractivity contribution in [1.29, 1.82) is 10.5 Å². The lowest BCUT2D eigenvalue weighted by Gasteiger charge is -2.23. The molecule has 28 heavy (non-hydrogen) atoms. The van der Waals surface area contributed by atoms with Gasteiger partial charge in [0.1, 0.15) is 11.6 Å². The highest BCUT2D eigenvalue weighted by molar-refractivity contribution is 5.53. The molecule has 0 spiro atoms. The minimum Gasteiger partial charge on any atom is -0.396 e. The SMILES string of the molecule is N#CCc1[nH]nc(N=Nc2ccc(NN(CCCO)CCCO)cc2)c1C#N. The molecule has 0 atom stereocenters. The van der Waals surface area contributed by atoms with Gasteiger partial charge in [-0.05, 0) is 37.1 Å². The second-order valence-corrected chi connectivity index (χ2v) is 5.85. The van der Waals surface area contributed by atoms with Gasteiger partial charge in [-0.2, -0.15) is 15.6 Å². The third-order valence-corrected chi connectivity index (χ3v) is 3.78. The van der Waals surface area contributed by atoms with Gasteiger partial charge in [-0.3, -0.25) is 5.10 Å². The third kappa shape index (κ3) is 6.14. The number of nitriles is 2. The van der Waals surface area contributed by atoms with Crippen LogP contribution in [0, 0.1) is 22.7 Å². The van der Waals surface area contributed by atoms with Gasteiger partial charge in [0.15, 0.2) is 0 Å². The highest BCUT2D eigenvalue weighted by Gasteiger charge is 2.12. The fourth-order valence-corrected chi connectivity index (χ4v) is 2.40. The standard InChI is InChI=1S/C18H22N8O2/c19-8-7-17-16(13-20)18(24-22-17)23-21-14-3-5-15(6-4-14)25-26(9-1-11-27)10-2-12-28/h3-6,25,27-28H,1-2,7,9-12H2,(H,22,24). The molecular formula is C18H22N8O2. The molecule has 0 fully saturated rings. The normalized spacial score (nSPS) is 10.9. The summed E-state index contributed by atoms with van der Waals surface area (Å²) in [6.07, 6.45) is 1.31. The van der Waals surface area contributed by atoms with Crippen LogP contribution in [0.2, 0.25) is 0 Å². The lowest BCUT2D eigenvalue weighted by atomic mass is 10.2. The number of azo groups is 1. The van der Waals surface area contributed by atoms with Crippen molar-refractivity contribution in [2.75, 3.05) is 31.7 Å². The number of aromatic nitrogens is 2. The minimum absolute atomic E-state index is 0.0504. The zero-order valence-electron chi connectivity index (χ0n) is 15.3. The maximum atomic E-state index is 9.19. The van der Waals surface area contributed by atoms with Crippen molar-refractivity contribution >= 4 is 17.2 Å². The molecule has 2 rings (SSSR count). The van der Waals surface area contributed by atoms with Crippen molar-refractivity contribution in [2.45, 2.75) is 19.3 Å². The summed E-state index contributed by atoms with van der Waals surface area (Å²) in [5, 5.41) is 52.5. The first-order chi connectivity index (χ1) is 13.7. The summed E-state index contributed by atoms with van der Waals surface area (Å²) in [6, 6.07) is 11.1. The molecule has 1 aromatic carbocycles. The largest absolute Gasteiger partial charge is 0.396 e. The lowest BCUT2D eigenvalue weighted by molar-refractivity contribution is 0.223. The average Bonchev–Trinajstić information content (AvgIpc) is 3.11. The Morgan fingerprint density at radius 2 is 1.75 bits per heavy atom. The van der Waals surface area contributed by atoms with E-state index in [1.54, 1.807) is 12.1 Å². The molecule has 1 heterocycles. The van der Waals surface area contributed by atoms with E-state index in [0.29, 0.717) is 37.3 Å². The molecule has 4 N–H and O–H groups in total. The molecule has 0 aliphatic heterocycles. The van der Waals surface area contributed by atoms with Crippen LogP contribution in [0.25, 0.3) is 0 Å². The van der Waals surface area contributed by atoms with Crippen LogP contribution in [0.5, 0.6) is 0 Å². The number of hydrazine groups is 1. The van der Waals surface area contributed by atoms with Crippen LogP contribution in [0.3, 0.4) is 0 Å². The van der Waals surface area contributed by atoms with Crippen molar-refractivity contribution in [3.05, 3.63) is 35.5 Å². The van der Waals surface area contributed by atoms with Crippen LogP contribution in [0.4, 0.5) is 17.2 Å². The van der Waals surface area contributed by atoms with Crippen LogP contribution in [-0.4, -0.2) is 51.7 Å². The number of hydrogen-bond donors (Lipinski definition) is 4. The van der Waals surface area contributed by atoms with Crippen molar-refractivity contribution in [2.24, 2.45) is 10.2 Å². The van der Waals surface area contributed by atoms with E-state index in [0.717, 1.165) is 5.69 Å². The summed E-state index contributed by atoms with van der Waals surface area (Å²) < 4.78 is 0. The van der Waals surface area contributed by atoms with Gasteiger partial charge >= 0.3 is 0 Å². The predicted octanol–water partition coefficient (Wildman–Crippen LogP) is 2.16. The summed E-state index contributed by atoms with van der Waals surface area (Å²) in [4.78, 5) is 0. The van der Waals surface area contributed by atoms with E-state index >= 15 is 0 Å². The van der Waals surface area contributed by atoms with E-state index < -0.39 is 0 Å². The van der Waals surface area contributed by atoms with E-state index in [-0.39, 0.29) is 31.0 Å². The molecule has 146 valence electrons. The Morgan fingerprint density at radius 1 is 1.07 bits per heavy atom. The van der Waals surface area contributed by atoms with Gasteiger partial charge in [0, 0.05) is 32.0 Å². The van der Waals surface area contributed by atoms with Gasteiger partial charge in [0.25, 0.3) is 0 Å². The molecule has 0 amide bonds. The first-order valence-corrected chi connectivity index (χ1v) is 8.81. The summed E-state index contributed by atoms with van der Waals surface area (Å²) >= 11 is 0. The Morgan fingerprint density at radius 3 is 2.32 bits per heavy atom. The van der Waals surface area contributed by atoms with E-state index in [2.05, 4.69) is 25.9 Å². The molecule has 0 aliphatic rings. The van der Waals surface area contributed by atoms with Gasteiger partial charge in [-0.15, -0.1) is 10.2 Å². The number of aliphatic hydroxyl groups is 2. The zero-order chi connectivity index (χ0) is 20.2. The Bertz CT molecular complexity index is 840. The Labute approximate surface area is 162 Å². The van der Waals surface area contributed by atoms with Gasteiger partial charge in [0.05, 0.1) is 23.9 Å². The van der Waals surface area contributed by atoms with Gasteiger partial charge in [0.2, 0.25) is 5.82 Å². The van der Waals surface area contributed by atoms with E-state index in [1.165, 1.54) is 0 Å². The number of nitrogens with one attached hydrogen (secondary N) is 2. The Kier molecular flexibility index (Phi) is 8.56. The number of rotatable bonds is 11. The number of hydrogen-bond acceptors (Lipinski definition) is 9. The van der Waals surface area contributed by atoms with Gasteiger partial charge in [-0.1, -0.05) is 0 Å². The maximum Gasteiger partial charge on any atom is 0.213 e. The molecule has 2 aromatic rings. The Hall–Kier alpha value is -3.31. The van der Waals surface area contributed by atoms with Crippen LogP contribution in [0.15, 0.2) is 34.5 Å². The summed E-state index contributed by atoms with van der Waals surface area (Å²) in [5.41, 5.74) is 5.29. The van der Waals surface area contributed by atoms with Crippen LogP contribution in [0.1, 0.15) is 24.1 Å². The zero-order valence-corrected chi connectivity index (χ0v) is 15.3. The molecule has 0 saturated heterocycles. The monoisotopic (exact) mass is 382 g/mol. The third-order valence-electron chi connectivity index (χ3n) is 3.78. The van der Waals surface area contributed by atoms with Crippen molar-refractivity contribution in [1.82, 2.24) is 15.2 Å². The highest BCUT2D eigenvalue weighted by Crippen LogP contribution is 2.23. The summed E-state index contributed by atoms with van der Waals surface area (Å²) in [7, 11) is 0. The first kappa shape index (κ1) is 21.0. The molecule has 0 unspecified atom stereocenters. The smallest absolute Gasteiger partial charge is 0.213 e. The highest BCUT2D eigenvalue weighted by atomic mass is 16.3. The van der Waals surface area contributed by atoms with Crippen molar-refractivity contribution in [3.63, 3.8) is 0 Å². The van der Waals surface area contributed by atoms with E-state index in [9.17, 15) is 5.26 Å². The fourth-order valence-electron chi connectivity index (χ4n) is 2.40. The predicted molar refractivity (Wildman–Crippen MR) is 102 cm³/mol. The van der Waals surface area contributed by atoms with Crippen molar-refractivity contribution in [3.8, 4) is 12.1 Å². The minimum atomic E-state index is 0.0504. The topological polar surface area (TPSA) is 157 Å². The molecular weight excluding hydrogens is 360 g/mol. The maximum absolute atomic E-state index is 9.19. The Balaban J connectivity index is 2.03.